The molecule has 2 aromatic rings. The second-order valence-electron chi connectivity index (χ2n) is 4.91. The first kappa shape index (κ1) is 13.3. The van der Waals surface area contributed by atoms with E-state index in [0.29, 0.717) is 17.6 Å². The highest BCUT2D eigenvalue weighted by Crippen LogP contribution is 2.29. The van der Waals surface area contributed by atoms with Gasteiger partial charge in [-0.1, -0.05) is 13.8 Å². The van der Waals surface area contributed by atoms with E-state index in [1.807, 2.05) is 31.4 Å². The molecule has 1 aromatic carbocycles. The molecule has 0 fully saturated rings. The number of aromatic nitrogens is 1. The SMILES string of the molecule is CCn1cc(C=O)c2cc(C(C)C)cc(C(=O)O)c21. The van der Waals surface area contributed by atoms with Gasteiger partial charge in [0.15, 0.2) is 6.29 Å². The highest BCUT2D eigenvalue weighted by atomic mass is 16.4. The summed E-state index contributed by atoms with van der Waals surface area (Å²) in [5.74, 6) is -0.746. The molecule has 0 atom stereocenters. The summed E-state index contributed by atoms with van der Waals surface area (Å²) in [7, 11) is 0. The van der Waals surface area contributed by atoms with Gasteiger partial charge in [0.05, 0.1) is 11.1 Å². The molecule has 0 aliphatic heterocycles. The third-order valence-corrected chi connectivity index (χ3v) is 3.39. The average Bonchev–Trinajstić information content (AvgIpc) is 2.75. The molecule has 4 nitrogen and oxygen atoms in total. The quantitative estimate of drug-likeness (QED) is 0.857. The summed E-state index contributed by atoms with van der Waals surface area (Å²) in [6.45, 7) is 6.57. The van der Waals surface area contributed by atoms with Gasteiger partial charge in [-0.15, -0.1) is 0 Å². The maximum absolute atomic E-state index is 11.5. The molecule has 0 saturated carbocycles. The van der Waals surface area contributed by atoms with Crippen molar-refractivity contribution in [2.45, 2.75) is 33.2 Å². The van der Waals surface area contributed by atoms with Crippen LogP contribution in [0.3, 0.4) is 0 Å². The second kappa shape index (κ2) is 4.88. The summed E-state index contributed by atoms with van der Waals surface area (Å²) in [5, 5.41) is 10.1. The van der Waals surface area contributed by atoms with Crippen LogP contribution in [0.5, 0.6) is 0 Å². The fourth-order valence-corrected chi connectivity index (χ4v) is 2.33. The van der Waals surface area contributed by atoms with E-state index >= 15 is 0 Å². The van der Waals surface area contributed by atoms with E-state index in [-0.39, 0.29) is 11.5 Å². The molecule has 0 bridgehead atoms. The van der Waals surface area contributed by atoms with Gasteiger partial charge in [0.25, 0.3) is 0 Å². The number of aryl methyl sites for hydroxylation is 1. The smallest absolute Gasteiger partial charge is 0.337 e. The summed E-state index contributed by atoms with van der Waals surface area (Å²) in [6, 6.07) is 3.62. The average molecular weight is 259 g/mol. The number of hydrogen-bond donors (Lipinski definition) is 1. The topological polar surface area (TPSA) is 59.3 Å². The molecule has 2 rings (SSSR count). The largest absolute Gasteiger partial charge is 0.478 e. The van der Waals surface area contributed by atoms with Gasteiger partial charge in [-0.3, -0.25) is 4.79 Å². The highest BCUT2D eigenvalue weighted by Gasteiger charge is 2.18. The fourth-order valence-electron chi connectivity index (χ4n) is 2.33. The van der Waals surface area contributed by atoms with Crippen LogP contribution in [0.2, 0.25) is 0 Å². The van der Waals surface area contributed by atoms with Gasteiger partial charge >= 0.3 is 5.97 Å². The maximum atomic E-state index is 11.5. The Kier molecular flexibility index (Phi) is 3.42. The van der Waals surface area contributed by atoms with Gasteiger partial charge in [0.1, 0.15) is 0 Å². The number of benzene rings is 1. The molecular weight excluding hydrogens is 242 g/mol. The minimum Gasteiger partial charge on any atom is -0.478 e. The summed E-state index contributed by atoms with van der Waals surface area (Å²) in [5.41, 5.74) is 2.36. The predicted molar refractivity (Wildman–Crippen MR) is 74.0 cm³/mol. The van der Waals surface area contributed by atoms with Crippen LogP contribution in [-0.2, 0) is 6.54 Å². The molecule has 0 saturated heterocycles. The number of hydrogen-bond acceptors (Lipinski definition) is 2. The number of fused-ring (bicyclic) bond motifs is 1. The number of carbonyl (C=O) groups is 2. The van der Waals surface area contributed by atoms with Crippen LogP contribution in [0.15, 0.2) is 18.3 Å². The predicted octanol–water partition coefficient (Wildman–Crippen LogP) is 3.30. The lowest BCUT2D eigenvalue weighted by Crippen LogP contribution is -2.04. The molecule has 100 valence electrons. The molecule has 0 aliphatic rings. The first-order valence-corrected chi connectivity index (χ1v) is 6.34. The van der Waals surface area contributed by atoms with E-state index in [1.165, 1.54) is 0 Å². The van der Waals surface area contributed by atoms with Gasteiger partial charge < -0.3 is 9.67 Å². The lowest BCUT2D eigenvalue weighted by molar-refractivity contribution is 0.0698. The van der Waals surface area contributed by atoms with Crippen molar-refractivity contribution in [3.05, 3.63) is 35.0 Å². The molecule has 0 amide bonds. The number of aldehydes is 1. The lowest BCUT2D eigenvalue weighted by Gasteiger charge is -2.10. The minimum absolute atomic E-state index is 0.215. The van der Waals surface area contributed by atoms with Crippen molar-refractivity contribution in [1.82, 2.24) is 4.57 Å². The van der Waals surface area contributed by atoms with Gasteiger partial charge in [-0.25, -0.2) is 4.79 Å². The maximum Gasteiger partial charge on any atom is 0.337 e. The van der Waals surface area contributed by atoms with Crippen molar-refractivity contribution in [1.29, 1.82) is 0 Å². The Labute approximate surface area is 111 Å². The van der Waals surface area contributed by atoms with Crippen LogP contribution in [0, 0.1) is 0 Å². The van der Waals surface area contributed by atoms with E-state index in [2.05, 4.69) is 0 Å². The van der Waals surface area contributed by atoms with Crippen LogP contribution in [-0.4, -0.2) is 21.9 Å². The third kappa shape index (κ3) is 2.14. The molecule has 1 aromatic heterocycles. The Morgan fingerprint density at radius 1 is 1.42 bits per heavy atom. The van der Waals surface area contributed by atoms with Crippen molar-refractivity contribution in [2.75, 3.05) is 0 Å². The van der Waals surface area contributed by atoms with E-state index in [9.17, 15) is 14.7 Å². The molecule has 0 unspecified atom stereocenters. The summed E-state index contributed by atoms with van der Waals surface area (Å²) in [6.07, 6.45) is 2.50. The summed E-state index contributed by atoms with van der Waals surface area (Å²) in [4.78, 5) is 22.6. The summed E-state index contributed by atoms with van der Waals surface area (Å²) >= 11 is 0. The first-order valence-electron chi connectivity index (χ1n) is 6.34. The van der Waals surface area contributed by atoms with Crippen molar-refractivity contribution in [3.8, 4) is 0 Å². The van der Waals surface area contributed by atoms with E-state index < -0.39 is 5.97 Å². The van der Waals surface area contributed by atoms with Crippen LogP contribution >= 0.6 is 0 Å². The molecule has 1 N–H and O–H groups in total. The van der Waals surface area contributed by atoms with Crippen molar-refractivity contribution < 1.29 is 14.7 Å². The van der Waals surface area contributed by atoms with Gasteiger partial charge in [-0.05, 0) is 30.5 Å². The fraction of sp³-hybridized carbons (Fsp3) is 0.333. The number of aromatic carboxylic acids is 1. The normalized spacial score (nSPS) is 11.2. The van der Waals surface area contributed by atoms with Crippen molar-refractivity contribution in [3.63, 3.8) is 0 Å². The Morgan fingerprint density at radius 3 is 2.58 bits per heavy atom. The molecule has 4 heteroatoms. The number of carbonyl (C=O) groups excluding carboxylic acids is 1. The van der Waals surface area contributed by atoms with Crippen molar-refractivity contribution >= 4 is 23.2 Å². The monoisotopic (exact) mass is 259 g/mol. The number of nitrogens with zero attached hydrogens (tertiary/aromatic N) is 1. The van der Waals surface area contributed by atoms with Crippen molar-refractivity contribution in [2.24, 2.45) is 0 Å². The van der Waals surface area contributed by atoms with Crippen LogP contribution < -0.4 is 0 Å². The number of rotatable bonds is 4. The first-order chi connectivity index (χ1) is 8.99. The number of carboxylic acids is 1. The third-order valence-electron chi connectivity index (χ3n) is 3.39. The zero-order chi connectivity index (χ0) is 14.2. The Hall–Kier alpha value is -2.10. The standard InChI is InChI=1S/C15H17NO3/c1-4-16-7-11(8-17)12-5-10(9(2)3)6-13(14(12)16)15(18)19/h5-9H,4H2,1-3H3,(H,18,19). The Morgan fingerprint density at radius 2 is 2.11 bits per heavy atom. The molecular formula is C15H17NO3. The zero-order valence-electron chi connectivity index (χ0n) is 11.3. The Balaban J connectivity index is 2.91. The summed E-state index contributed by atoms with van der Waals surface area (Å²) < 4.78 is 1.81. The molecule has 0 radical (unpaired) electrons. The minimum atomic E-state index is -0.960. The highest BCUT2D eigenvalue weighted by molar-refractivity contribution is 6.07. The molecule has 1 heterocycles. The van der Waals surface area contributed by atoms with E-state index in [1.54, 1.807) is 12.3 Å². The van der Waals surface area contributed by atoms with Crippen LogP contribution in [0.25, 0.3) is 10.9 Å². The molecule has 0 aliphatic carbocycles. The number of carboxylic acid groups (broad SMARTS) is 1. The van der Waals surface area contributed by atoms with Crippen LogP contribution in [0.1, 0.15) is 53.0 Å². The van der Waals surface area contributed by atoms with Crippen LogP contribution in [0.4, 0.5) is 0 Å². The second-order valence-corrected chi connectivity index (χ2v) is 4.91. The lowest BCUT2D eigenvalue weighted by atomic mass is 9.97. The zero-order valence-corrected chi connectivity index (χ0v) is 11.3. The van der Waals surface area contributed by atoms with Gasteiger partial charge in [0, 0.05) is 23.7 Å². The molecule has 0 spiro atoms. The molecule has 19 heavy (non-hydrogen) atoms. The van der Waals surface area contributed by atoms with E-state index in [4.69, 9.17) is 0 Å². The Bertz CT molecular complexity index is 653. The van der Waals surface area contributed by atoms with Gasteiger partial charge in [-0.2, -0.15) is 0 Å². The van der Waals surface area contributed by atoms with E-state index in [0.717, 1.165) is 17.2 Å². The van der Waals surface area contributed by atoms with Gasteiger partial charge in [0.2, 0.25) is 0 Å².